The zero-order chi connectivity index (χ0) is 16.3. The Balaban J connectivity index is 1.53. The van der Waals surface area contributed by atoms with Crippen molar-refractivity contribution in [2.75, 3.05) is 19.6 Å². The van der Waals surface area contributed by atoms with Crippen LogP contribution in [-0.2, 0) is 4.84 Å². The molecule has 0 aliphatic carbocycles. The molecule has 2 bridgehead atoms. The molecule has 0 saturated carbocycles. The van der Waals surface area contributed by atoms with Gasteiger partial charge in [-0.2, -0.15) is 0 Å². The maximum absolute atomic E-state index is 6.21. The first kappa shape index (κ1) is 14.9. The van der Waals surface area contributed by atoms with E-state index in [1.165, 1.54) is 23.1 Å². The van der Waals surface area contributed by atoms with E-state index in [0.29, 0.717) is 11.8 Å². The van der Waals surface area contributed by atoms with Gasteiger partial charge in [-0.1, -0.05) is 26.0 Å². The van der Waals surface area contributed by atoms with Crippen molar-refractivity contribution in [2.45, 2.75) is 26.0 Å². The second-order valence-corrected chi connectivity index (χ2v) is 8.69. The highest BCUT2D eigenvalue weighted by Crippen LogP contribution is 2.45. The fraction of sp³-hybridized carbons (Fsp3) is 0.526. The third-order valence-corrected chi connectivity index (χ3v) is 6.77. The predicted octanol–water partition coefficient (Wildman–Crippen LogP) is 3.49. The number of aliphatic imine (C=N–C) groups is 1. The topological polar surface area (TPSA) is 36.9 Å². The van der Waals surface area contributed by atoms with E-state index in [1.807, 2.05) is 0 Å². The van der Waals surface area contributed by atoms with Gasteiger partial charge < -0.3 is 4.90 Å². The lowest BCUT2D eigenvalue weighted by Crippen LogP contribution is -2.60. The molecule has 1 N–H and O–H groups in total. The summed E-state index contributed by atoms with van der Waals surface area (Å²) in [4.78, 5) is 13.9. The van der Waals surface area contributed by atoms with Gasteiger partial charge in [0.05, 0.1) is 0 Å². The predicted molar refractivity (Wildman–Crippen MR) is 98.2 cm³/mol. The van der Waals surface area contributed by atoms with Crippen molar-refractivity contribution in [3.8, 4) is 0 Å². The van der Waals surface area contributed by atoms with Gasteiger partial charge in [-0.25, -0.2) is 15.3 Å². The number of nitrogens with zero attached hydrogens (tertiary/aromatic N) is 2. The lowest BCUT2D eigenvalue weighted by Gasteiger charge is -2.51. The lowest BCUT2D eigenvalue weighted by atomic mass is 9.74. The molecule has 5 atom stereocenters. The summed E-state index contributed by atoms with van der Waals surface area (Å²) in [7, 11) is 0. The Labute approximate surface area is 146 Å². The molecular formula is C19H23N3OS. The third kappa shape index (κ3) is 2.15. The van der Waals surface area contributed by atoms with E-state index in [2.05, 4.69) is 53.9 Å². The molecule has 0 amide bonds. The molecule has 5 heteroatoms. The number of rotatable bonds is 1. The SMILES string of the molecule is CC1CC2CN(C1)CC(C)C21N=C(c2ccc3ccsc3c2)NO1. The molecule has 4 nitrogen and oxygen atoms in total. The normalized spacial score (nSPS) is 38.3. The van der Waals surface area contributed by atoms with Crippen molar-refractivity contribution >= 4 is 27.3 Å². The van der Waals surface area contributed by atoms with E-state index in [-0.39, 0.29) is 0 Å². The number of hydrogen-bond donors (Lipinski definition) is 1. The minimum Gasteiger partial charge on any atom is -0.302 e. The van der Waals surface area contributed by atoms with Crippen molar-refractivity contribution in [1.82, 2.24) is 10.4 Å². The smallest absolute Gasteiger partial charge is 0.195 e. The van der Waals surface area contributed by atoms with Gasteiger partial charge in [0.15, 0.2) is 11.6 Å². The fourth-order valence-corrected chi connectivity index (χ4v) is 5.62. The van der Waals surface area contributed by atoms with Crippen LogP contribution in [0, 0.1) is 17.8 Å². The Hall–Kier alpha value is -1.43. The largest absolute Gasteiger partial charge is 0.302 e. The van der Waals surface area contributed by atoms with E-state index < -0.39 is 5.72 Å². The zero-order valence-corrected chi connectivity index (χ0v) is 15.0. The summed E-state index contributed by atoms with van der Waals surface area (Å²) in [6.45, 7) is 8.03. The van der Waals surface area contributed by atoms with Crippen molar-refractivity contribution in [3.05, 3.63) is 35.2 Å². The highest BCUT2D eigenvalue weighted by atomic mass is 32.1. The number of piperidine rings is 2. The maximum Gasteiger partial charge on any atom is 0.195 e. The summed E-state index contributed by atoms with van der Waals surface area (Å²) in [6, 6.07) is 8.70. The second-order valence-electron chi connectivity index (χ2n) is 7.75. The molecule has 0 radical (unpaired) electrons. The van der Waals surface area contributed by atoms with E-state index in [4.69, 9.17) is 9.83 Å². The molecule has 3 aliphatic rings. The first-order valence-corrected chi connectivity index (χ1v) is 9.76. The Morgan fingerprint density at radius 2 is 2.17 bits per heavy atom. The first-order chi connectivity index (χ1) is 11.6. The summed E-state index contributed by atoms with van der Waals surface area (Å²) >= 11 is 1.77. The number of thiophene rings is 1. The minimum atomic E-state index is -0.398. The van der Waals surface area contributed by atoms with Gasteiger partial charge in [-0.3, -0.25) is 0 Å². The van der Waals surface area contributed by atoms with E-state index in [9.17, 15) is 0 Å². The molecule has 126 valence electrons. The van der Waals surface area contributed by atoms with Crippen LogP contribution in [0.2, 0.25) is 0 Å². The van der Waals surface area contributed by atoms with Gasteiger partial charge in [0.1, 0.15) is 0 Å². The average molecular weight is 341 g/mol. The van der Waals surface area contributed by atoms with Crippen LogP contribution in [0.3, 0.4) is 0 Å². The summed E-state index contributed by atoms with van der Waals surface area (Å²) in [6.07, 6.45) is 1.20. The molecule has 1 aromatic heterocycles. The Morgan fingerprint density at radius 1 is 1.25 bits per heavy atom. The van der Waals surface area contributed by atoms with Crippen LogP contribution in [0.1, 0.15) is 25.8 Å². The molecule has 4 heterocycles. The van der Waals surface area contributed by atoms with E-state index >= 15 is 0 Å². The monoisotopic (exact) mass is 341 g/mol. The second kappa shape index (κ2) is 5.28. The third-order valence-electron chi connectivity index (χ3n) is 5.89. The molecule has 24 heavy (non-hydrogen) atoms. The van der Waals surface area contributed by atoms with Gasteiger partial charge in [-0.05, 0) is 35.2 Å². The molecule has 2 fully saturated rings. The Kier molecular flexibility index (Phi) is 3.27. The molecule has 1 aromatic carbocycles. The Bertz CT molecular complexity index is 812. The molecule has 2 aromatic rings. The van der Waals surface area contributed by atoms with Gasteiger partial charge in [0.2, 0.25) is 0 Å². The average Bonchev–Trinajstić information content (AvgIpc) is 3.20. The lowest BCUT2D eigenvalue weighted by molar-refractivity contribution is -0.175. The molecule has 5 rings (SSSR count). The van der Waals surface area contributed by atoms with Crippen LogP contribution in [-0.4, -0.2) is 36.1 Å². The number of hydrogen-bond acceptors (Lipinski definition) is 5. The number of benzene rings is 1. The fourth-order valence-electron chi connectivity index (χ4n) is 4.79. The Morgan fingerprint density at radius 3 is 3.08 bits per heavy atom. The highest BCUT2D eigenvalue weighted by molar-refractivity contribution is 7.17. The highest BCUT2D eigenvalue weighted by Gasteiger charge is 2.54. The summed E-state index contributed by atoms with van der Waals surface area (Å²) in [5.74, 6) is 2.49. The molecular weight excluding hydrogens is 318 g/mol. The van der Waals surface area contributed by atoms with Crippen LogP contribution in [0.5, 0.6) is 0 Å². The molecule has 2 saturated heterocycles. The first-order valence-electron chi connectivity index (χ1n) is 8.88. The summed E-state index contributed by atoms with van der Waals surface area (Å²) in [5.41, 5.74) is 3.90. The minimum absolute atomic E-state index is 0.398. The van der Waals surface area contributed by atoms with Crippen LogP contribution >= 0.6 is 11.3 Å². The van der Waals surface area contributed by atoms with Gasteiger partial charge in [0, 0.05) is 41.7 Å². The van der Waals surface area contributed by atoms with E-state index in [1.54, 1.807) is 11.3 Å². The summed E-state index contributed by atoms with van der Waals surface area (Å²) < 4.78 is 1.30. The quantitative estimate of drug-likeness (QED) is 0.863. The van der Waals surface area contributed by atoms with Crippen LogP contribution in [0.25, 0.3) is 10.1 Å². The molecule has 3 aliphatic heterocycles. The standard InChI is InChI=1S/C19H23N3OS/c1-12-7-16-11-22(9-12)10-13(2)19(16)20-18(21-23-19)15-4-3-14-5-6-24-17(14)8-15/h3-6,8,12-13,16H,7,9-11H2,1-2H3,(H,20,21). The van der Waals surface area contributed by atoms with Gasteiger partial charge in [-0.15, -0.1) is 11.3 Å². The van der Waals surface area contributed by atoms with Crippen molar-refractivity contribution < 1.29 is 4.84 Å². The van der Waals surface area contributed by atoms with Crippen molar-refractivity contribution in [1.29, 1.82) is 0 Å². The molecule has 1 spiro atoms. The van der Waals surface area contributed by atoms with Gasteiger partial charge >= 0.3 is 0 Å². The molecule has 5 unspecified atom stereocenters. The van der Waals surface area contributed by atoms with Crippen LogP contribution in [0.15, 0.2) is 34.6 Å². The number of hydroxylamine groups is 1. The number of fused-ring (bicyclic) bond motifs is 4. The zero-order valence-electron chi connectivity index (χ0n) is 14.2. The van der Waals surface area contributed by atoms with Gasteiger partial charge in [0.25, 0.3) is 0 Å². The maximum atomic E-state index is 6.21. The van der Waals surface area contributed by atoms with Crippen molar-refractivity contribution in [3.63, 3.8) is 0 Å². The number of nitrogens with one attached hydrogen (secondary N) is 1. The van der Waals surface area contributed by atoms with Crippen molar-refractivity contribution in [2.24, 2.45) is 22.7 Å². The van der Waals surface area contributed by atoms with E-state index in [0.717, 1.165) is 30.4 Å². The number of amidine groups is 1. The van der Waals surface area contributed by atoms with Crippen LogP contribution in [0.4, 0.5) is 0 Å². The summed E-state index contributed by atoms with van der Waals surface area (Å²) in [5, 5.41) is 3.43. The van der Waals surface area contributed by atoms with Crippen LogP contribution < -0.4 is 5.48 Å².